The van der Waals surface area contributed by atoms with Gasteiger partial charge in [0.05, 0.1) is 6.10 Å². The number of hydrogen-bond donors (Lipinski definition) is 1. The van der Waals surface area contributed by atoms with Crippen molar-refractivity contribution in [2.45, 2.75) is 219 Å². The van der Waals surface area contributed by atoms with Gasteiger partial charge in [0.2, 0.25) is 0 Å². The number of hydrogen-bond acceptors (Lipinski definition) is 9. The normalized spacial score (nSPS) is 15.9. The maximum atomic E-state index is 12.2. The van der Waals surface area contributed by atoms with Gasteiger partial charge in [-0.15, -0.1) is 0 Å². The molecule has 1 fully saturated rings. The van der Waals surface area contributed by atoms with Crippen LogP contribution in [-0.4, -0.2) is 121 Å². The molecule has 9 heteroatoms. The molecule has 1 N–H and O–H groups in total. The molecule has 3 unspecified atom stereocenters. The molecule has 0 bridgehead atoms. The molecule has 3 atom stereocenters. The minimum absolute atomic E-state index is 0.190. The smallest absolute Gasteiger partial charge is 0.105 e. The summed E-state index contributed by atoms with van der Waals surface area (Å²) < 4.78 is 0. The van der Waals surface area contributed by atoms with Gasteiger partial charge in [-0.05, 0) is 25.8 Å². The predicted molar refractivity (Wildman–Crippen MR) is 238 cm³/mol. The highest BCUT2D eigenvalue weighted by atomic mass is 16.3. The number of likely N-dealkylation sites (N-methyl/N-ethyl adjacent to an activating group) is 1. The largest absolute Gasteiger partial charge is 0.392 e. The highest BCUT2D eigenvalue weighted by Crippen LogP contribution is 2.17. The molecule has 0 amide bonds. The van der Waals surface area contributed by atoms with Gasteiger partial charge < -0.3 is 10.0 Å². The zero-order valence-electron chi connectivity index (χ0n) is 37.3. The first-order valence-electron chi connectivity index (χ1n) is 24.2. The molecule has 0 aromatic carbocycles. The van der Waals surface area contributed by atoms with Crippen molar-refractivity contribution in [3.8, 4) is 0 Å². The number of piperazine rings is 1. The van der Waals surface area contributed by atoms with E-state index < -0.39 is 6.10 Å². The Morgan fingerprint density at radius 3 is 1.24 bits per heavy atom. The second kappa shape index (κ2) is 38.5. The van der Waals surface area contributed by atoms with E-state index in [0.717, 1.165) is 97.4 Å². The van der Waals surface area contributed by atoms with Gasteiger partial charge >= 0.3 is 0 Å². The highest BCUT2D eigenvalue weighted by Gasteiger charge is 2.22. The lowest BCUT2D eigenvalue weighted by molar-refractivity contribution is 0.0856. The average molecular weight is 779 g/mol. The van der Waals surface area contributed by atoms with E-state index in [0.29, 0.717) is 19.6 Å². The number of nitroso groups, excluding NO2 is 2. The van der Waals surface area contributed by atoms with Gasteiger partial charge in [-0.25, -0.2) is 0 Å². The van der Waals surface area contributed by atoms with Gasteiger partial charge in [-0.3, -0.25) is 14.7 Å². The summed E-state index contributed by atoms with van der Waals surface area (Å²) >= 11 is 0. The van der Waals surface area contributed by atoms with Crippen LogP contribution in [0.3, 0.4) is 0 Å². The van der Waals surface area contributed by atoms with E-state index in [2.05, 4.69) is 57.6 Å². The number of rotatable bonds is 42. The molecule has 9 nitrogen and oxygen atoms in total. The van der Waals surface area contributed by atoms with Crippen LogP contribution >= 0.6 is 0 Å². The van der Waals surface area contributed by atoms with E-state index in [1.165, 1.54) is 135 Å². The second-order valence-electron chi connectivity index (χ2n) is 17.3. The maximum absolute atomic E-state index is 12.2. The van der Waals surface area contributed by atoms with Crippen LogP contribution in [0.15, 0.2) is 10.4 Å². The molecule has 0 spiro atoms. The Morgan fingerprint density at radius 2 is 0.818 bits per heavy atom. The van der Waals surface area contributed by atoms with Crippen LogP contribution in [0.25, 0.3) is 0 Å². The van der Waals surface area contributed by atoms with Gasteiger partial charge in [0.15, 0.2) is 0 Å². The number of aliphatic hydroxyl groups is 1. The number of nitrogens with zero attached hydrogens (tertiary/aromatic N) is 6. The topological polar surface area (TPSA) is 92.1 Å². The van der Waals surface area contributed by atoms with Crippen LogP contribution in [-0.2, 0) is 0 Å². The summed E-state index contributed by atoms with van der Waals surface area (Å²) in [5, 5.41) is 18.5. The first kappa shape index (κ1) is 52.0. The Kier molecular flexibility index (Phi) is 36.4. The van der Waals surface area contributed by atoms with Crippen molar-refractivity contribution in [2.24, 2.45) is 10.4 Å². The third kappa shape index (κ3) is 30.7. The minimum atomic E-state index is -0.398. The molecule has 326 valence electrons. The SMILES string of the molecule is CCCCCCCCCCC(O)CN(CCN(CCN1CCN(CC)CC1)CC(CCCCCCCCCC)N=O)CC(CCCCCCCCCC)N=O. The number of aliphatic hydroxyl groups excluding tert-OH is 1. The lowest BCUT2D eigenvalue weighted by Crippen LogP contribution is -2.49. The summed E-state index contributed by atoms with van der Waals surface area (Å²) in [5.41, 5.74) is 0. The quantitative estimate of drug-likeness (QED) is 0.0487. The number of unbranched alkanes of at least 4 members (excludes halogenated alkanes) is 21. The molecular weight excluding hydrogens is 685 g/mol. The Labute approximate surface area is 341 Å². The Morgan fingerprint density at radius 1 is 0.455 bits per heavy atom. The first-order valence-corrected chi connectivity index (χ1v) is 24.2. The minimum Gasteiger partial charge on any atom is -0.392 e. The molecule has 0 saturated carbocycles. The maximum Gasteiger partial charge on any atom is 0.105 e. The predicted octanol–water partition coefficient (Wildman–Crippen LogP) is 11.5. The molecule has 1 heterocycles. The van der Waals surface area contributed by atoms with Crippen LogP contribution in [0, 0.1) is 9.81 Å². The second-order valence-corrected chi connectivity index (χ2v) is 17.3. The molecule has 0 radical (unpaired) electrons. The fourth-order valence-electron chi connectivity index (χ4n) is 8.33. The van der Waals surface area contributed by atoms with Crippen molar-refractivity contribution in [2.75, 3.05) is 78.5 Å². The molecule has 0 aromatic rings. The molecule has 1 saturated heterocycles. The first-order chi connectivity index (χ1) is 27.0. The van der Waals surface area contributed by atoms with Gasteiger partial charge in [0, 0.05) is 72.0 Å². The molecule has 0 aliphatic carbocycles. The van der Waals surface area contributed by atoms with Crippen LogP contribution in [0.1, 0.15) is 201 Å². The average Bonchev–Trinajstić information content (AvgIpc) is 3.20. The zero-order valence-corrected chi connectivity index (χ0v) is 37.3. The van der Waals surface area contributed by atoms with Crippen molar-refractivity contribution in [3.05, 3.63) is 9.81 Å². The fourth-order valence-corrected chi connectivity index (χ4v) is 8.33. The summed E-state index contributed by atoms with van der Waals surface area (Å²) in [4.78, 5) is 34.2. The third-order valence-electron chi connectivity index (χ3n) is 12.3. The molecule has 0 aromatic heterocycles. The van der Waals surface area contributed by atoms with Crippen molar-refractivity contribution >= 4 is 0 Å². The summed E-state index contributed by atoms with van der Waals surface area (Å²) in [6.45, 7) is 20.0. The Bertz CT molecular complexity index is 829. The van der Waals surface area contributed by atoms with E-state index in [1.54, 1.807) is 0 Å². The third-order valence-corrected chi connectivity index (χ3v) is 12.3. The summed E-state index contributed by atoms with van der Waals surface area (Å²) in [6, 6.07) is -0.436. The van der Waals surface area contributed by atoms with E-state index >= 15 is 0 Å². The Balaban J connectivity index is 2.84. The van der Waals surface area contributed by atoms with Crippen molar-refractivity contribution in [3.63, 3.8) is 0 Å². The van der Waals surface area contributed by atoms with E-state index in [9.17, 15) is 14.9 Å². The van der Waals surface area contributed by atoms with Crippen LogP contribution in [0.4, 0.5) is 0 Å². The van der Waals surface area contributed by atoms with Crippen LogP contribution < -0.4 is 0 Å². The molecule has 1 rings (SSSR count). The fraction of sp³-hybridized carbons (Fsp3) is 1.00. The van der Waals surface area contributed by atoms with Crippen LogP contribution in [0.5, 0.6) is 0 Å². The molecular formula is C46H94N6O3. The summed E-state index contributed by atoms with van der Waals surface area (Å²) in [7, 11) is 0. The highest BCUT2D eigenvalue weighted by molar-refractivity contribution is 4.79. The van der Waals surface area contributed by atoms with Crippen molar-refractivity contribution < 1.29 is 5.11 Å². The van der Waals surface area contributed by atoms with Gasteiger partial charge in [-0.2, -0.15) is 9.81 Å². The molecule has 1 aliphatic heterocycles. The van der Waals surface area contributed by atoms with E-state index in [1.807, 2.05) is 0 Å². The Hall–Kier alpha value is -1.00. The standard InChI is InChI=1S/C46H94N6O3/c1-5-9-12-15-18-21-24-27-30-44(47-54)41-51(38-37-50-35-33-49(8-4)34-36-50)39-40-52(43-46(53)32-29-26-23-20-17-14-11-7-3)42-45(48-55)31-28-25-22-19-16-13-10-6-2/h44-46,53H,5-43H2,1-4H3. The lowest BCUT2D eigenvalue weighted by atomic mass is 10.0. The molecule has 55 heavy (non-hydrogen) atoms. The summed E-state index contributed by atoms with van der Waals surface area (Å²) in [6.07, 6.45) is 32.3. The van der Waals surface area contributed by atoms with E-state index in [4.69, 9.17) is 0 Å². The van der Waals surface area contributed by atoms with E-state index in [-0.39, 0.29) is 12.1 Å². The van der Waals surface area contributed by atoms with Crippen molar-refractivity contribution in [1.29, 1.82) is 0 Å². The zero-order chi connectivity index (χ0) is 40.0. The van der Waals surface area contributed by atoms with Crippen LogP contribution in [0.2, 0.25) is 0 Å². The van der Waals surface area contributed by atoms with Gasteiger partial charge in [-0.1, -0.05) is 192 Å². The van der Waals surface area contributed by atoms with Gasteiger partial charge in [0.25, 0.3) is 0 Å². The lowest BCUT2D eigenvalue weighted by Gasteiger charge is -2.36. The monoisotopic (exact) mass is 779 g/mol. The summed E-state index contributed by atoms with van der Waals surface area (Å²) in [5.74, 6) is 0. The molecule has 1 aliphatic rings. The van der Waals surface area contributed by atoms with Crippen molar-refractivity contribution in [1.82, 2.24) is 19.6 Å². The van der Waals surface area contributed by atoms with Gasteiger partial charge in [0.1, 0.15) is 12.1 Å².